The zero-order valence-corrected chi connectivity index (χ0v) is 62.2. The van der Waals surface area contributed by atoms with Gasteiger partial charge in [-0.25, -0.2) is 0 Å². The number of aliphatic hydroxyl groups is 19. The van der Waals surface area contributed by atoms with Crippen LogP contribution in [0.25, 0.3) is 0 Å². The van der Waals surface area contributed by atoms with Gasteiger partial charge in [-0.15, -0.1) is 0 Å². The highest BCUT2D eigenvalue weighted by Gasteiger charge is 2.58. The molecule has 6 fully saturated rings. The summed E-state index contributed by atoms with van der Waals surface area (Å²) < 4.78 is 69.6. The van der Waals surface area contributed by atoms with Crippen LogP contribution in [-0.2, 0) is 66.4 Å². The van der Waals surface area contributed by atoms with E-state index < -0.39 is 248 Å². The molecule has 6 rings (SSSR count). The van der Waals surface area contributed by atoms with Crippen LogP contribution in [0.4, 0.5) is 0 Å². The summed E-state index contributed by atoms with van der Waals surface area (Å²) in [5.74, 6) is -1.09. The number of carbonyl (C=O) groups excluding carboxylic acids is 2. The van der Waals surface area contributed by atoms with Gasteiger partial charge < -0.3 is 164 Å². The molecule has 0 aromatic rings. The molecule has 0 aliphatic carbocycles. The van der Waals surface area contributed by atoms with E-state index in [9.17, 15) is 107 Å². The van der Waals surface area contributed by atoms with Gasteiger partial charge >= 0.3 is 0 Å². The van der Waals surface area contributed by atoms with Crippen LogP contribution < -0.4 is 10.6 Å². The Morgan fingerprint density at radius 1 is 0.364 bits per heavy atom. The van der Waals surface area contributed by atoms with Crippen molar-refractivity contribution >= 4 is 11.8 Å². The van der Waals surface area contributed by atoms with Crippen LogP contribution in [0.3, 0.4) is 0 Å². The quantitative estimate of drug-likeness (QED) is 0.0209. The average molecular weight is 1550 g/mol. The lowest BCUT2D eigenvalue weighted by Crippen LogP contribution is -2.69. The predicted molar refractivity (Wildman–Crippen MR) is 373 cm³/mol. The highest BCUT2D eigenvalue weighted by Crippen LogP contribution is 2.38. The molecule has 0 spiro atoms. The van der Waals surface area contributed by atoms with Crippen molar-refractivity contribution < 1.29 is 163 Å². The van der Waals surface area contributed by atoms with Crippen molar-refractivity contribution in [3.8, 4) is 0 Å². The maximum Gasteiger partial charge on any atom is 0.220 e. The van der Waals surface area contributed by atoms with Gasteiger partial charge in [-0.1, -0.05) is 167 Å². The topological polar surface area (TPSA) is 553 Å². The highest BCUT2D eigenvalue weighted by molar-refractivity contribution is 5.76. The third-order valence-corrected chi connectivity index (χ3v) is 20.8. The summed E-state index contributed by atoms with van der Waals surface area (Å²) >= 11 is 0. The molecule has 0 radical (unpaired) electrons. The van der Waals surface area contributed by atoms with Crippen molar-refractivity contribution in [1.29, 1.82) is 0 Å². The molecule has 21 N–H and O–H groups in total. The van der Waals surface area contributed by atoms with Gasteiger partial charge in [-0.2, -0.15) is 0 Å². The lowest BCUT2D eigenvalue weighted by Gasteiger charge is -2.50. The fourth-order valence-corrected chi connectivity index (χ4v) is 14.3. The summed E-state index contributed by atoms with van der Waals surface area (Å²) in [5, 5.41) is 216. The van der Waals surface area contributed by atoms with Crippen molar-refractivity contribution in [2.75, 3.05) is 46.2 Å². The number of aliphatic hydroxyl groups excluding tert-OH is 19. The van der Waals surface area contributed by atoms with E-state index in [1.807, 2.05) is 6.08 Å². The molecule has 0 aromatic carbocycles. The molecule has 6 aliphatic rings. The van der Waals surface area contributed by atoms with Gasteiger partial charge in [-0.05, 0) is 19.3 Å². The molecule has 626 valence electrons. The Bertz CT molecular complexity index is 2440. The largest absolute Gasteiger partial charge is 0.394 e. The van der Waals surface area contributed by atoms with E-state index in [4.69, 9.17) is 56.8 Å². The van der Waals surface area contributed by atoms with Gasteiger partial charge in [0.05, 0.1) is 58.4 Å². The first kappa shape index (κ1) is 93.3. The van der Waals surface area contributed by atoms with Crippen LogP contribution >= 0.6 is 0 Å². The van der Waals surface area contributed by atoms with Gasteiger partial charge in [0.2, 0.25) is 11.8 Å². The number of unbranched alkanes of at least 4 members (excludes halogenated alkanes) is 23. The van der Waals surface area contributed by atoms with Crippen LogP contribution in [-0.4, -0.2) is 351 Å². The molecule has 0 saturated carbocycles. The number of ether oxygens (including phenoxy) is 12. The Kier molecular flexibility index (Phi) is 43.0. The second-order valence-electron chi connectivity index (χ2n) is 29.2. The van der Waals surface area contributed by atoms with Gasteiger partial charge in [0.15, 0.2) is 37.7 Å². The minimum Gasteiger partial charge on any atom is -0.394 e. The van der Waals surface area contributed by atoms with E-state index in [1.165, 1.54) is 96.3 Å². The van der Waals surface area contributed by atoms with Crippen molar-refractivity contribution in [3.05, 3.63) is 12.2 Å². The number of nitrogens with one attached hydrogen (secondary N) is 2. The Morgan fingerprint density at radius 2 is 0.682 bits per heavy atom. The summed E-state index contributed by atoms with van der Waals surface area (Å²) in [6.07, 6.45) is -26.0. The van der Waals surface area contributed by atoms with Crippen LogP contribution in [0.2, 0.25) is 0 Å². The molecule has 0 bridgehead atoms. The molecular formula is C72H130N2O33. The van der Waals surface area contributed by atoms with Crippen LogP contribution in [0.1, 0.15) is 188 Å². The monoisotopic (exact) mass is 1550 g/mol. The summed E-state index contributed by atoms with van der Waals surface area (Å²) in [4.78, 5) is 25.6. The number of carbonyl (C=O) groups is 2. The van der Waals surface area contributed by atoms with Gasteiger partial charge in [0, 0.05) is 13.3 Å². The van der Waals surface area contributed by atoms with Crippen molar-refractivity contribution in [2.24, 2.45) is 0 Å². The Labute approximate surface area is 626 Å². The molecular weight excluding hydrogens is 1420 g/mol. The SMILES string of the molecule is CCCCCCCCCCCCC/C=C/[C@@H](O)[C@H](CO[C@@H]1OC(CO)[C@@H](O[C@@H]2OC(CO)[C@H](O[C@@H]3OC(CO)[C@H](O)[C@H](O[C@H]4OC(CO)[C@H](O)[C@H](O[C@H]5OC(CO)[C@H](O)[C@H](O[C@@H]6OC(CO)[C@H](O)[C@H](O)C6NC(C)=O)C5O)C4O)C3O)[C@H](O)C2O)[C@H](O)C1O)NC(=O)CCCCCCCCCCCCCCC. The third kappa shape index (κ3) is 27.6. The number of hydrogen-bond acceptors (Lipinski definition) is 33. The van der Waals surface area contributed by atoms with E-state index in [-0.39, 0.29) is 12.3 Å². The molecule has 32 atom stereocenters. The fraction of sp³-hybridized carbons (Fsp3) is 0.944. The van der Waals surface area contributed by atoms with E-state index in [1.54, 1.807) is 6.08 Å². The van der Waals surface area contributed by atoms with E-state index >= 15 is 0 Å². The minimum atomic E-state index is -2.28. The van der Waals surface area contributed by atoms with Gasteiger partial charge in [0.25, 0.3) is 0 Å². The van der Waals surface area contributed by atoms with Crippen molar-refractivity contribution in [1.82, 2.24) is 10.6 Å². The van der Waals surface area contributed by atoms with Crippen molar-refractivity contribution in [3.63, 3.8) is 0 Å². The maximum atomic E-state index is 13.4. The van der Waals surface area contributed by atoms with Gasteiger partial charge in [-0.3, -0.25) is 9.59 Å². The molecule has 0 aromatic heterocycles. The van der Waals surface area contributed by atoms with Crippen LogP contribution in [0.15, 0.2) is 12.2 Å². The standard InChI is InChI=1S/C72H130N2O33/c1-4-6-8-10-12-14-16-18-20-22-24-26-28-30-41(82)40(74-48(83)31-29-27-25-23-21-19-17-15-13-11-9-7-5-2)38-96-68-57(91)55(89)62(46(36-79)101-68)103-69-58(92)56(90)63(47(37-80)102-69)104-70-60(94)65(52(86)44(34-77)98-70)106-72-61(95)66(53(87)45(35-78)100-72)107-71-59(93)64(51(85)43(33-76)99-71)105-67-49(73-39(3)81)54(88)50(84)42(32-75)97-67/h28,30,40-47,49-72,75-80,82,84-95H,4-27,29,31-38H2,1-3H3,(H,73,81)(H,74,83)/b30-28+/t40-,41+,42?,43?,44?,45?,46?,47?,49?,50-,51-,52-,53-,54+,55+,56+,57?,58?,59?,60?,61?,62+,63-,64-,65-,66-,67-,68+,69-,70-,71+,72+/m0/s1. The number of amides is 2. The molecule has 6 saturated heterocycles. The molecule has 35 heteroatoms. The zero-order chi connectivity index (χ0) is 78.3. The predicted octanol–water partition coefficient (Wildman–Crippen LogP) is -3.35. The molecule has 35 nitrogen and oxygen atoms in total. The Balaban J connectivity index is 1.06. The first-order valence-corrected chi connectivity index (χ1v) is 39.0. The zero-order valence-electron chi connectivity index (χ0n) is 62.2. The number of allylic oxidation sites excluding steroid dienone is 1. The summed E-state index contributed by atoms with van der Waals surface area (Å²) in [6, 6.07) is -2.65. The lowest BCUT2D eigenvalue weighted by atomic mass is 9.94. The molecule has 12 unspecified atom stereocenters. The normalized spacial score (nSPS) is 38.4. The minimum absolute atomic E-state index is 0.183. The van der Waals surface area contributed by atoms with Gasteiger partial charge in [0.1, 0.15) is 146 Å². The summed E-state index contributed by atoms with van der Waals surface area (Å²) in [5.41, 5.74) is 0. The average Bonchev–Trinajstić information content (AvgIpc) is 0.774. The van der Waals surface area contributed by atoms with E-state index in [0.29, 0.717) is 12.8 Å². The molecule has 2 amide bonds. The molecule has 107 heavy (non-hydrogen) atoms. The molecule has 6 aliphatic heterocycles. The maximum absolute atomic E-state index is 13.4. The van der Waals surface area contributed by atoms with Crippen LogP contribution in [0, 0.1) is 0 Å². The molecule has 6 heterocycles. The number of hydrogen-bond donors (Lipinski definition) is 21. The highest BCUT2D eigenvalue weighted by atomic mass is 16.8. The fourth-order valence-electron chi connectivity index (χ4n) is 14.3. The first-order valence-electron chi connectivity index (χ1n) is 39.0. The Hall–Kier alpha value is -2.56. The summed E-state index contributed by atoms with van der Waals surface area (Å²) in [7, 11) is 0. The van der Waals surface area contributed by atoms with E-state index in [2.05, 4.69) is 24.5 Å². The van der Waals surface area contributed by atoms with E-state index in [0.717, 1.165) is 58.3 Å². The first-order chi connectivity index (χ1) is 51.4. The third-order valence-electron chi connectivity index (χ3n) is 20.8. The van der Waals surface area contributed by atoms with Crippen molar-refractivity contribution in [2.45, 2.75) is 384 Å². The second kappa shape index (κ2) is 49.3. The smallest absolute Gasteiger partial charge is 0.220 e. The second-order valence-corrected chi connectivity index (χ2v) is 29.2. The lowest BCUT2D eigenvalue weighted by molar-refractivity contribution is -0.397. The summed E-state index contributed by atoms with van der Waals surface area (Å²) in [6.45, 7) is -0.913. The number of rotatable bonds is 49. The van der Waals surface area contributed by atoms with Crippen LogP contribution in [0.5, 0.6) is 0 Å². The Morgan fingerprint density at radius 3 is 1.07 bits per heavy atom.